The zero-order chi connectivity index (χ0) is 13.0. The molecule has 2 nitrogen and oxygen atoms in total. The maximum Gasteiger partial charge on any atom is 0.0943 e. The second kappa shape index (κ2) is 6.12. The van der Waals surface area contributed by atoms with Crippen LogP contribution in [0.3, 0.4) is 0 Å². The van der Waals surface area contributed by atoms with E-state index in [4.69, 9.17) is 5.73 Å². The van der Waals surface area contributed by atoms with Crippen molar-refractivity contribution in [2.24, 2.45) is 5.73 Å². The summed E-state index contributed by atoms with van der Waals surface area (Å²) in [6, 6.07) is 8.91. The van der Waals surface area contributed by atoms with Crippen molar-refractivity contribution in [3.8, 4) is 0 Å². The summed E-state index contributed by atoms with van der Waals surface area (Å²) in [4.78, 5) is 4.46. The Labute approximate surface area is 113 Å². The minimum atomic E-state index is 0.156. The van der Waals surface area contributed by atoms with Crippen LogP contribution in [0.1, 0.15) is 28.8 Å². The standard InChI is InChI=1S/C15H20N2S/c1-3-12-4-6-13(7-5-12)8-14(16)9-15-17-11(2)10-18-15/h4-7,10,14H,3,8-9,16H2,1-2H3. The van der Waals surface area contributed by atoms with Gasteiger partial charge in [0, 0.05) is 23.5 Å². The molecule has 0 bridgehead atoms. The molecule has 0 amide bonds. The van der Waals surface area contributed by atoms with E-state index in [1.165, 1.54) is 11.1 Å². The van der Waals surface area contributed by atoms with Crippen molar-refractivity contribution < 1.29 is 0 Å². The van der Waals surface area contributed by atoms with Crippen LogP contribution in [0.4, 0.5) is 0 Å². The van der Waals surface area contributed by atoms with E-state index in [2.05, 4.69) is 41.6 Å². The fourth-order valence-corrected chi connectivity index (χ4v) is 2.87. The molecule has 0 fully saturated rings. The second-order valence-corrected chi connectivity index (χ2v) is 5.66. The smallest absolute Gasteiger partial charge is 0.0943 e. The van der Waals surface area contributed by atoms with E-state index in [0.29, 0.717) is 0 Å². The van der Waals surface area contributed by atoms with E-state index in [9.17, 15) is 0 Å². The molecular formula is C15H20N2S. The Kier molecular flexibility index (Phi) is 4.50. The molecule has 1 heterocycles. The number of nitrogens with zero attached hydrogens (tertiary/aromatic N) is 1. The number of hydrogen-bond acceptors (Lipinski definition) is 3. The number of benzene rings is 1. The van der Waals surface area contributed by atoms with Crippen LogP contribution >= 0.6 is 11.3 Å². The minimum Gasteiger partial charge on any atom is -0.327 e. The summed E-state index contributed by atoms with van der Waals surface area (Å²) in [6.45, 7) is 4.19. The van der Waals surface area contributed by atoms with E-state index in [-0.39, 0.29) is 6.04 Å². The van der Waals surface area contributed by atoms with E-state index >= 15 is 0 Å². The third kappa shape index (κ3) is 3.65. The Morgan fingerprint density at radius 3 is 2.39 bits per heavy atom. The van der Waals surface area contributed by atoms with Gasteiger partial charge in [0.15, 0.2) is 0 Å². The molecule has 2 rings (SSSR count). The molecular weight excluding hydrogens is 240 g/mol. The van der Waals surface area contributed by atoms with Gasteiger partial charge in [-0.1, -0.05) is 31.2 Å². The highest BCUT2D eigenvalue weighted by Gasteiger charge is 2.08. The first-order valence-electron chi connectivity index (χ1n) is 6.41. The molecule has 0 radical (unpaired) electrons. The van der Waals surface area contributed by atoms with Gasteiger partial charge in [0.2, 0.25) is 0 Å². The zero-order valence-electron chi connectivity index (χ0n) is 11.0. The molecule has 3 heteroatoms. The maximum absolute atomic E-state index is 6.18. The fourth-order valence-electron chi connectivity index (χ4n) is 2.01. The zero-order valence-corrected chi connectivity index (χ0v) is 11.8. The van der Waals surface area contributed by atoms with Gasteiger partial charge in [-0.05, 0) is 30.9 Å². The van der Waals surface area contributed by atoms with Crippen LogP contribution in [-0.4, -0.2) is 11.0 Å². The summed E-state index contributed by atoms with van der Waals surface area (Å²) >= 11 is 1.70. The molecule has 96 valence electrons. The third-order valence-corrected chi connectivity index (χ3v) is 4.02. The summed E-state index contributed by atoms with van der Waals surface area (Å²) < 4.78 is 0. The molecule has 0 saturated carbocycles. The predicted octanol–water partition coefficient (Wildman–Crippen LogP) is 3.13. The lowest BCUT2D eigenvalue weighted by atomic mass is 10.0. The van der Waals surface area contributed by atoms with Crippen molar-refractivity contribution >= 4 is 11.3 Å². The molecule has 1 unspecified atom stereocenters. The quantitative estimate of drug-likeness (QED) is 0.897. The normalized spacial score (nSPS) is 12.6. The Balaban J connectivity index is 1.91. The van der Waals surface area contributed by atoms with Gasteiger partial charge in [-0.25, -0.2) is 4.98 Å². The summed E-state index contributed by atoms with van der Waals surface area (Å²) in [5.41, 5.74) is 9.97. The summed E-state index contributed by atoms with van der Waals surface area (Å²) in [5.74, 6) is 0. The van der Waals surface area contributed by atoms with E-state index < -0.39 is 0 Å². The molecule has 0 aliphatic rings. The van der Waals surface area contributed by atoms with Gasteiger partial charge in [-0.3, -0.25) is 0 Å². The van der Waals surface area contributed by atoms with Crippen LogP contribution in [0.5, 0.6) is 0 Å². The molecule has 0 aliphatic carbocycles. The highest BCUT2D eigenvalue weighted by atomic mass is 32.1. The Bertz CT molecular complexity index is 487. The van der Waals surface area contributed by atoms with Gasteiger partial charge in [0.1, 0.15) is 0 Å². The van der Waals surface area contributed by atoms with Gasteiger partial charge in [0.05, 0.1) is 5.01 Å². The number of aryl methyl sites for hydroxylation is 2. The van der Waals surface area contributed by atoms with Crippen molar-refractivity contribution in [2.45, 2.75) is 39.2 Å². The van der Waals surface area contributed by atoms with Crippen molar-refractivity contribution in [3.05, 3.63) is 51.5 Å². The first-order valence-corrected chi connectivity index (χ1v) is 7.29. The van der Waals surface area contributed by atoms with Crippen LogP contribution in [0.2, 0.25) is 0 Å². The maximum atomic E-state index is 6.18. The SMILES string of the molecule is CCc1ccc(CC(N)Cc2nc(C)cs2)cc1. The average molecular weight is 260 g/mol. The molecule has 1 aromatic heterocycles. The van der Waals surface area contributed by atoms with Gasteiger partial charge < -0.3 is 5.73 Å². The number of hydrogen-bond donors (Lipinski definition) is 1. The van der Waals surface area contributed by atoms with Crippen molar-refractivity contribution in [1.82, 2.24) is 4.98 Å². The van der Waals surface area contributed by atoms with Crippen molar-refractivity contribution in [3.63, 3.8) is 0 Å². The number of rotatable bonds is 5. The lowest BCUT2D eigenvalue weighted by molar-refractivity contribution is 0.661. The average Bonchev–Trinajstić information content (AvgIpc) is 2.75. The van der Waals surface area contributed by atoms with Crippen LogP contribution in [-0.2, 0) is 19.3 Å². The molecule has 2 N–H and O–H groups in total. The molecule has 0 saturated heterocycles. The number of nitrogens with two attached hydrogens (primary N) is 1. The lowest BCUT2D eigenvalue weighted by Gasteiger charge is -2.10. The first-order chi connectivity index (χ1) is 8.67. The van der Waals surface area contributed by atoms with Gasteiger partial charge in [0.25, 0.3) is 0 Å². The molecule has 2 aromatic rings. The lowest BCUT2D eigenvalue weighted by Crippen LogP contribution is -2.25. The minimum absolute atomic E-state index is 0.156. The monoisotopic (exact) mass is 260 g/mol. The van der Waals surface area contributed by atoms with Crippen LogP contribution in [0.15, 0.2) is 29.6 Å². The second-order valence-electron chi connectivity index (χ2n) is 4.72. The number of aromatic nitrogens is 1. The number of thiazole rings is 1. The highest BCUT2D eigenvalue weighted by Crippen LogP contribution is 2.13. The van der Waals surface area contributed by atoms with Gasteiger partial charge in [-0.2, -0.15) is 0 Å². The summed E-state index contributed by atoms with van der Waals surface area (Å²) in [7, 11) is 0. The van der Waals surface area contributed by atoms with Crippen molar-refractivity contribution in [1.29, 1.82) is 0 Å². The van der Waals surface area contributed by atoms with Crippen LogP contribution < -0.4 is 5.73 Å². The predicted molar refractivity (Wildman–Crippen MR) is 78.1 cm³/mol. The molecule has 1 aromatic carbocycles. The molecule has 0 aliphatic heterocycles. The van der Waals surface area contributed by atoms with E-state index in [1.807, 2.05) is 6.92 Å². The van der Waals surface area contributed by atoms with Gasteiger partial charge in [-0.15, -0.1) is 11.3 Å². The molecule has 0 spiro atoms. The van der Waals surface area contributed by atoms with E-state index in [0.717, 1.165) is 30.0 Å². The largest absolute Gasteiger partial charge is 0.327 e. The Hall–Kier alpha value is -1.19. The molecule has 1 atom stereocenters. The van der Waals surface area contributed by atoms with Crippen LogP contribution in [0, 0.1) is 6.92 Å². The Morgan fingerprint density at radius 1 is 1.17 bits per heavy atom. The van der Waals surface area contributed by atoms with Gasteiger partial charge >= 0.3 is 0 Å². The third-order valence-electron chi connectivity index (χ3n) is 3.03. The first kappa shape index (κ1) is 13.2. The molecule has 18 heavy (non-hydrogen) atoms. The fraction of sp³-hybridized carbons (Fsp3) is 0.400. The van der Waals surface area contributed by atoms with Crippen molar-refractivity contribution in [2.75, 3.05) is 0 Å². The van der Waals surface area contributed by atoms with E-state index in [1.54, 1.807) is 11.3 Å². The highest BCUT2D eigenvalue weighted by molar-refractivity contribution is 7.09. The summed E-state index contributed by atoms with van der Waals surface area (Å²) in [6.07, 6.45) is 2.88. The summed E-state index contributed by atoms with van der Waals surface area (Å²) in [5, 5.41) is 3.23. The Morgan fingerprint density at radius 2 is 1.83 bits per heavy atom. The topological polar surface area (TPSA) is 38.9 Å². The van der Waals surface area contributed by atoms with Crippen LogP contribution in [0.25, 0.3) is 0 Å².